The first kappa shape index (κ1) is 64.0. The van der Waals surface area contributed by atoms with E-state index in [1.807, 2.05) is 34.4 Å². The first-order valence-corrected chi connectivity index (χ1v) is 39.3. The summed E-state index contributed by atoms with van der Waals surface area (Å²) >= 11 is 24.4. The zero-order chi connectivity index (χ0) is 56.8. The van der Waals surface area contributed by atoms with Gasteiger partial charge in [0, 0.05) is 62.3 Å². The van der Waals surface area contributed by atoms with Gasteiger partial charge in [0.05, 0.1) is 9.40 Å². The van der Waals surface area contributed by atoms with Gasteiger partial charge in [0.25, 0.3) is 0 Å². The Balaban J connectivity index is 0.000000208. The van der Waals surface area contributed by atoms with Crippen LogP contribution in [0.1, 0.15) is 195 Å². The van der Waals surface area contributed by atoms with E-state index in [2.05, 4.69) is 239 Å². The lowest BCUT2D eigenvalue weighted by atomic mass is 9.92. The summed E-state index contributed by atoms with van der Waals surface area (Å²) in [6, 6.07) is 47.6. The van der Waals surface area contributed by atoms with Gasteiger partial charge in [-0.15, -0.1) is 34.4 Å². The maximum Gasteiger partial charge on any atom is 0.180 e. The Morgan fingerprint density at radius 2 is 0.747 bits per heavy atom. The Morgan fingerprint density at radius 1 is 0.430 bits per heavy atom. The molecule has 0 fully saturated rings. The largest absolute Gasteiger partial charge is 0.180 e. The zero-order valence-corrected chi connectivity index (χ0v) is 57.2. The normalized spacial score (nSPS) is 13.3. The fourth-order valence-electron chi connectivity index (χ4n) is 11.1. The smallest absolute Gasteiger partial charge is 0.134 e. The number of thiophene rings is 2. The van der Waals surface area contributed by atoms with Crippen molar-refractivity contribution in [2.45, 2.75) is 172 Å². The fraction of sp³-hybridized carbons (Fsp3) is 0.380. The molecule has 0 bridgehead atoms. The number of unbranched alkanes of at least 4 members (excludes halogenated alkanes) is 4. The van der Waals surface area contributed by atoms with E-state index in [0.29, 0.717) is 23.7 Å². The Kier molecular flexibility index (Phi) is 25.4. The molecule has 4 atom stereocenters. The van der Waals surface area contributed by atoms with Crippen LogP contribution in [0.3, 0.4) is 0 Å². The van der Waals surface area contributed by atoms with Crippen LogP contribution in [0.25, 0.3) is 84.8 Å². The van der Waals surface area contributed by atoms with Crippen molar-refractivity contribution in [3.05, 3.63) is 160 Å². The molecular formula is C71H81Cl3I2S3. The van der Waals surface area contributed by atoms with Crippen LogP contribution in [0.4, 0.5) is 0 Å². The number of alkyl halides is 3. The van der Waals surface area contributed by atoms with Crippen molar-refractivity contribution in [2.75, 3.05) is 6.26 Å². The number of halogens is 5. The van der Waals surface area contributed by atoms with Crippen molar-refractivity contribution in [1.82, 2.24) is 0 Å². The topological polar surface area (TPSA) is 0 Å². The minimum Gasteiger partial charge on any atom is -0.134 e. The summed E-state index contributed by atoms with van der Waals surface area (Å²) in [6.07, 6.45) is 22.2. The van der Waals surface area contributed by atoms with Gasteiger partial charge in [-0.2, -0.15) is 0 Å². The Bertz CT molecular complexity index is 3500. The predicted molar refractivity (Wildman–Crippen MR) is 384 cm³/mol. The molecule has 79 heavy (non-hydrogen) atoms. The summed E-state index contributed by atoms with van der Waals surface area (Å²) in [6.45, 7) is 20.8. The van der Waals surface area contributed by atoms with E-state index in [9.17, 15) is 0 Å². The van der Waals surface area contributed by atoms with Crippen LogP contribution < -0.4 is 0 Å². The minimum atomic E-state index is -0.750. The van der Waals surface area contributed by atoms with Crippen molar-refractivity contribution in [1.29, 1.82) is 0 Å². The quantitative estimate of drug-likeness (QED) is 0.0337. The van der Waals surface area contributed by atoms with Crippen molar-refractivity contribution in [2.24, 2.45) is 0 Å². The Hall–Kier alpha value is -2.60. The van der Waals surface area contributed by atoms with Crippen molar-refractivity contribution >= 4 is 191 Å². The second-order valence-corrected chi connectivity index (χ2v) is 27.0. The monoisotopic (exact) mass is 1390 g/mol. The molecule has 0 saturated heterocycles. The third-order valence-corrected chi connectivity index (χ3v) is 19.5. The number of thioether (sulfide) groups is 1. The van der Waals surface area contributed by atoms with E-state index in [-0.39, 0.29) is 0 Å². The predicted octanol–water partition coefficient (Wildman–Crippen LogP) is 27.7. The van der Waals surface area contributed by atoms with Gasteiger partial charge in [-0.1, -0.05) is 233 Å². The van der Waals surface area contributed by atoms with Gasteiger partial charge in [-0.25, -0.2) is 0 Å². The van der Waals surface area contributed by atoms with Crippen LogP contribution in [-0.4, -0.2) is 10.6 Å². The average Bonchev–Trinajstić information content (AvgIpc) is 4.23. The minimum absolute atomic E-state index is 0.619. The number of benzene rings is 8. The van der Waals surface area contributed by atoms with Crippen LogP contribution in [0.15, 0.2) is 126 Å². The van der Waals surface area contributed by atoms with Crippen molar-refractivity contribution in [3.8, 4) is 0 Å². The molecule has 418 valence electrons. The van der Waals surface area contributed by atoms with Crippen molar-refractivity contribution < 1.29 is 0 Å². The molecule has 0 aliphatic rings. The molecule has 2 heterocycles. The second kappa shape index (κ2) is 31.3. The summed E-state index contributed by atoms with van der Waals surface area (Å²) in [4.78, 5) is 1.34. The van der Waals surface area contributed by atoms with E-state index in [0.717, 1.165) is 0 Å². The first-order valence-electron chi connectivity index (χ1n) is 28.9. The molecule has 0 amide bonds. The Labute approximate surface area is 524 Å². The van der Waals surface area contributed by atoms with Crippen LogP contribution in [0.2, 0.25) is 0 Å². The zero-order valence-electron chi connectivity index (χ0n) is 48.2. The summed E-state index contributed by atoms with van der Waals surface area (Å²) in [5, 5.41) is 13.7. The van der Waals surface area contributed by atoms with Gasteiger partial charge in [-0.3, -0.25) is 0 Å². The lowest BCUT2D eigenvalue weighted by molar-refractivity contribution is 0.625. The SMILES string of the molecule is CCCCC(C)c1ccc2cc(/C=C/c3cc4ccc(C(C)CCCC)cc4cc3SC)c(C)cc2c1.CCCCC(C)c1ccc2cc3c(cc2c1)sc1c2cc4ccc(C(C)CCCC)cc4cc2sc31.ClC(Cl)Cl.II. The summed E-state index contributed by atoms with van der Waals surface area (Å²) in [5.41, 5.74) is 9.82. The molecule has 0 aliphatic carbocycles. The summed E-state index contributed by atoms with van der Waals surface area (Å²) in [7, 11) is 0. The molecule has 0 N–H and O–H groups in total. The van der Waals surface area contributed by atoms with Crippen LogP contribution in [0.5, 0.6) is 0 Å². The molecule has 0 spiro atoms. The molecule has 2 aromatic heterocycles. The van der Waals surface area contributed by atoms with Gasteiger partial charge in [0.1, 0.15) is 0 Å². The maximum absolute atomic E-state index is 4.81. The maximum atomic E-state index is 4.81. The third-order valence-electron chi connectivity index (χ3n) is 16.2. The number of aryl methyl sites for hydroxylation is 1. The molecular weight excluding hydrogens is 1310 g/mol. The van der Waals surface area contributed by atoms with Gasteiger partial charge in [0.2, 0.25) is 0 Å². The van der Waals surface area contributed by atoms with E-state index in [4.69, 9.17) is 34.8 Å². The molecule has 10 rings (SSSR count). The summed E-state index contributed by atoms with van der Waals surface area (Å²) < 4.78 is 5.01. The fourth-order valence-corrected chi connectivity index (χ4v) is 14.4. The van der Waals surface area contributed by atoms with Crippen LogP contribution in [0, 0.1) is 6.92 Å². The van der Waals surface area contributed by atoms with E-state index in [1.165, 1.54) is 194 Å². The highest BCUT2D eigenvalue weighted by Gasteiger charge is 2.17. The molecule has 8 aromatic carbocycles. The molecule has 0 radical (unpaired) electrons. The van der Waals surface area contributed by atoms with Crippen LogP contribution >= 0.6 is 106 Å². The molecule has 8 heteroatoms. The molecule has 10 aromatic rings. The highest BCUT2D eigenvalue weighted by molar-refractivity contribution is 15.0. The number of hydrogen-bond acceptors (Lipinski definition) is 3. The molecule has 4 unspecified atom stereocenters. The van der Waals surface area contributed by atoms with Gasteiger partial charge >= 0.3 is 0 Å². The van der Waals surface area contributed by atoms with Crippen molar-refractivity contribution in [3.63, 3.8) is 0 Å². The molecule has 0 saturated carbocycles. The van der Waals surface area contributed by atoms with Gasteiger partial charge in [-0.05, 0) is 187 Å². The number of rotatable bonds is 19. The van der Waals surface area contributed by atoms with E-state index in [1.54, 1.807) is 0 Å². The van der Waals surface area contributed by atoms with Crippen LogP contribution in [-0.2, 0) is 0 Å². The van der Waals surface area contributed by atoms with E-state index < -0.39 is 4.30 Å². The third kappa shape index (κ3) is 16.6. The Morgan fingerprint density at radius 3 is 1.10 bits per heavy atom. The molecule has 0 aliphatic heterocycles. The van der Waals surface area contributed by atoms with E-state index >= 15 is 0 Å². The second-order valence-electron chi connectivity index (χ2n) is 22.0. The first-order chi connectivity index (χ1) is 38.2. The lowest BCUT2D eigenvalue weighted by Crippen LogP contribution is -1.94. The van der Waals surface area contributed by atoms with Gasteiger partial charge in [0.15, 0.2) is 4.30 Å². The standard InChI is InChI=1S/C36H44S.C34H36S2.CHCl3.I2/c1-7-9-11-25(3)28-13-16-31-20-30(27(5)19-34(31)21-28)15-18-33-23-32-17-14-29(26(4)12-10-8-2)22-35(32)24-36(33)37-6;1-5-7-9-21(3)23-11-13-25-17-29-31(19-27(25)15-23)35-34-30-18-26-14-12-24(22(4)10-8-6-2)16-28(26)20-32(30)36-33(29)34;2-1(3)4;1-2/h13-26H,7-12H2,1-6H3;11-22H,5-10H2,1-4H3;1H;/b18-15+;;;. The number of hydrogen-bond donors (Lipinski definition) is 0. The van der Waals surface area contributed by atoms with Gasteiger partial charge < -0.3 is 0 Å². The average molecular weight is 1390 g/mol. The molecule has 0 nitrogen and oxygen atoms in total. The lowest BCUT2D eigenvalue weighted by Gasteiger charge is -2.14. The number of fused-ring (bicyclic) bond motifs is 9. The highest BCUT2D eigenvalue weighted by Crippen LogP contribution is 2.47. The summed E-state index contributed by atoms with van der Waals surface area (Å²) in [5.74, 6) is 2.50. The highest BCUT2D eigenvalue weighted by atomic mass is 128.